The number of aromatic nitrogens is 4. The number of carbonyl (C=O) groups is 3. The lowest BCUT2D eigenvalue weighted by molar-refractivity contribution is -0.116. The number of hydrogen-bond donors (Lipinski definition) is 2. The van der Waals surface area contributed by atoms with Crippen LogP contribution in [0.3, 0.4) is 0 Å². The molecule has 33 heavy (non-hydrogen) atoms. The number of anilines is 2. The third-order valence-electron chi connectivity index (χ3n) is 4.74. The van der Waals surface area contributed by atoms with Gasteiger partial charge in [0.15, 0.2) is 17.3 Å². The lowest BCUT2D eigenvalue weighted by atomic mass is 10.1. The van der Waals surface area contributed by atoms with E-state index in [1.807, 2.05) is 0 Å². The second kappa shape index (κ2) is 8.78. The second-order valence-electron chi connectivity index (χ2n) is 6.84. The lowest BCUT2D eigenvalue weighted by Crippen LogP contribution is -2.20. The molecule has 12 nitrogen and oxygen atoms in total. The fourth-order valence-electron chi connectivity index (χ4n) is 3.28. The zero-order valence-electron chi connectivity index (χ0n) is 17.6. The molecule has 0 unspecified atom stereocenters. The van der Waals surface area contributed by atoms with Gasteiger partial charge in [-0.25, -0.2) is 19.2 Å². The van der Waals surface area contributed by atoms with E-state index in [9.17, 15) is 14.4 Å². The van der Waals surface area contributed by atoms with Crippen molar-refractivity contribution < 1.29 is 28.5 Å². The van der Waals surface area contributed by atoms with Gasteiger partial charge in [-0.1, -0.05) is 12.1 Å². The highest BCUT2D eigenvalue weighted by atomic mass is 16.6. The van der Waals surface area contributed by atoms with Crippen LogP contribution in [0.2, 0.25) is 0 Å². The molecule has 2 aromatic heterocycles. The Morgan fingerprint density at radius 1 is 1.03 bits per heavy atom. The number of benzene rings is 2. The Bertz CT molecular complexity index is 1340. The number of fused-ring (bicyclic) bond motifs is 1. The summed E-state index contributed by atoms with van der Waals surface area (Å²) in [6.07, 6.45) is 0. The Kier molecular flexibility index (Phi) is 5.72. The fraction of sp³-hybridized carbons (Fsp3) is 0.143. The van der Waals surface area contributed by atoms with Crippen LogP contribution >= 0.6 is 0 Å². The second-order valence-corrected chi connectivity index (χ2v) is 6.84. The van der Waals surface area contributed by atoms with Crippen molar-refractivity contribution in [3.63, 3.8) is 0 Å². The van der Waals surface area contributed by atoms with Crippen LogP contribution in [0.25, 0.3) is 22.6 Å². The Morgan fingerprint density at radius 2 is 1.70 bits per heavy atom. The summed E-state index contributed by atoms with van der Waals surface area (Å²) in [4.78, 5) is 41.4. The van der Waals surface area contributed by atoms with Gasteiger partial charge in [0, 0.05) is 5.69 Å². The average molecular weight is 450 g/mol. The first-order valence-corrected chi connectivity index (χ1v) is 9.56. The summed E-state index contributed by atoms with van der Waals surface area (Å²) in [6.45, 7) is -0.182. The van der Waals surface area contributed by atoms with E-state index < -0.39 is 17.8 Å². The SMILES string of the molecule is COC(=O)c1cc(NC(=O)Cn2c(-c3nonc3N)nc3ccccc32)cc(C(=O)OC)c1. The zero-order valence-corrected chi connectivity index (χ0v) is 17.6. The van der Waals surface area contributed by atoms with E-state index in [0.29, 0.717) is 16.9 Å². The molecule has 0 aliphatic carbocycles. The largest absolute Gasteiger partial charge is 0.465 e. The normalized spacial score (nSPS) is 10.7. The molecule has 168 valence electrons. The Hall–Kier alpha value is -4.74. The number of nitrogens with one attached hydrogen (secondary N) is 1. The van der Waals surface area contributed by atoms with E-state index in [1.54, 1.807) is 28.8 Å². The third kappa shape index (κ3) is 4.21. The summed E-state index contributed by atoms with van der Waals surface area (Å²) in [5.41, 5.74) is 7.64. The van der Waals surface area contributed by atoms with Crippen molar-refractivity contribution >= 4 is 40.4 Å². The van der Waals surface area contributed by atoms with E-state index >= 15 is 0 Å². The number of rotatable bonds is 6. The van der Waals surface area contributed by atoms with Gasteiger partial charge in [-0.3, -0.25) is 4.79 Å². The molecule has 0 atom stereocenters. The summed E-state index contributed by atoms with van der Waals surface area (Å²) in [6, 6.07) is 11.3. The number of amides is 1. The molecular formula is C21H18N6O6. The quantitative estimate of drug-likeness (QED) is 0.414. The number of imidazole rings is 1. The number of para-hydroxylation sites is 2. The van der Waals surface area contributed by atoms with Gasteiger partial charge in [0.05, 0.1) is 36.4 Å². The molecule has 0 fully saturated rings. The molecule has 0 aliphatic heterocycles. The Balaban J connectivity index is 1.68. The minimum absolute atomic E-state index is 0.0282. The van der Waals surface area contributed by atoms with Crippen LogP contribution in [0.1, 0.15) is 20.7 Å². The monoisotopic (exact) mass is 450 g/mol. The maximum Gasteiger partial charge on any atom is 0.337 e. The standard InChI is InChI=1S/C21H18N6O6/c1-31-20(29)11-7-12(21(30)32-2)9-13(8-11)23-16(28)10-27-15-6-4-3-5-14(15)24-19(27)17-18(22)26-33-25-17/h3-9H,10H2,1-2H3,(H2,22,26)(H,23,28). The maximum absolute atomic E-state index is 12.9. The van der Waals surface area contributed by atoms with E-state index in [2.05, 4.69) is 25.2 Å². The van der Waals surface area contributed by atoms with Gasteiger partial charge < -0.3 is 25.1 Å². The molecule has 0 aliphatic rings. The van der Waals surface area contributed by atoms with Crippen molar-refractivity contribution in [3.8, 4) is 11.5 Å². The van der Waals surface area contributed by atoms with Gasteiger partial charge in [-0.05, 0) is 40.6 Å². The summed E-state index contributed by atoms with van der Waals surface area (Å²) >= 11 is 0. The van der Waals surface area contributed by atoms with E-state index in [-0.39, 0.29) is 34.9 Å². The number of hydrogen-bond acceptors (Lipinski definition) is 10. The number of nitrogens with zero attached hydrogens (tertiary/aromatic N) is 4. The van der Waals surface area contributed by atoms with E-state index in [4.69, 9.17) is 15.2 Å². The lowest BCUT2D eigenvalue weighted by Gasteiger charge is -2.11. The molecule has 0 spiro atoms. The fourth-order valence-corrected chi connectivity index (χ4v) is 3.28. The van der Waals surface area contributed by atoms with Crippen molar-refractivity contribution in [1.82, 2.24) is 19.9 Å². The van der Waals surface area contributed by atoms with Gasteiger partial charge in [0.25, 0.3) is 0 Å². The summed E-state index contributed by atoms with van der Waals surface area (Å²) in [5.74, 6) is -1.49. The van der Waals surface area contributed by atoms with Crippen LogP contribution in [-0.2, 0) is 20.8 Å². The van der Waals surface area contributed by atoms with Gasteiger partial charge >= 0.3 is 11.9 Å². The van der Waals surface area contributed by atoms with Crippen molar-refractivity contribution in [3.05, 3.63) is 53.6 Å². The predicted molar refractivity (Wildman–Crippen MR) is 115 cm³/mol. The van der Waals surface area contributed by atoms with Gasteiger partial charge in [0.2, 0.25) is 5.91 Å². The molecule has 0 radical (unpaired) electrons. The van der Waals surface area contributed by atoms with E-state index in [1.165, 1.54) is 32.4 Å². The first-order valence-electron chi connectivity index (χ1n) is 9.56. The van der Waals surface area contributed by atoms with Crippen LogP contribution in [0.15, 0.2) is 47.1 Å². The molecule has 12 heteroatoms. The summed E-state index contributed by atoms with van der Waals surface area (Å²) in [5, 5.41) is 10.0. The minimum atomic E-state index is -0.673. The molecule has 2 heterocycles. The summed E-state index contributed by atoms with van der Waals surface area (Å²) < 4.78 is 15.7. The highest BCUT2D eigenvalue weighted by Crippen LogP contribution is 2.26. The van der Waals surface area contributed by atoms with Crippen molar-refractivity contribution in [2.75, 3.05) is 25.3 Å². The highest BCUT2D eigenvalue weighted by Gasteiger charge is 2.21. The Labute approximate surface area is 186 Å². The average Bonchev–Trinajstić information content (AvgIpc) is 3.40. The molecule has 0 saturated carbocycles. The number of carbonyl (C=O) groups excluding carboxylic acids is 3. The van der Waals surface area contributed by atoms with Crippen LogP contribution in [0, 0.1) is 0 Å². The molecule has 1 amide bonds. The van der Waals surface area contributed by atoms with Gasteiger partial charge in [-0.15, -0.1) is 0 Å². The summed E-state index contributed by atoms with van der Waals surface area (Å²) in [7, 11) is 2.42. The first kappa shape index (κ1) is 21.5. The Morgan fingerprint density at radius 3 is 2.30 bits per heavy atom. The highest BCUT2D eigenvalue weighted by molar-refractivity contribution is 5.99. The van der Waals surface area contributed by atoms with Crippen LogP contribution in [0.4, 0.5) is 11.5 Å². The van der Waals surface area contributed by atoms with E-state index in [0.717, 1.165) is 0 Å². The van der Waals surface area contributed by atoms with Crippen LogP contribution in [0.5, 0.6) is 0 Å². The van der Waals surface area contributed by atoms with Crippen molar-refractivity contribution in [2.45, 2.75) is 6.54 Å². The molecule has 3 N–H and O–H groups in total. The first-order chi connectivity index (χ1) is 15.9. The number of ether oxygens (including phenoxy) is 2. The number of esters is 2. The minimum Gasteiger partial charge on any atom is -0.465 e. The molecule has 2 aromatic carbocycles. The number of methoxy groups -OCH3 is 2. The number of nitrogens with two attached hydrogens (primary N) is 1. The molecule has 0 saturated heterocycles. The molecule has 0 bridgehead atoms. The molecule has 4 aromatic rings. The molecule has 4 rings (SSSR count). The van der Waals surface area contributed by atoms with Crippen LogP contribution in [-0.4, -0.2) is 51.9 Å². The van der Waals surface area contributed by atoms with Gasteiger partial charge in [0.1, 0.15) is 6.54 Å². The maximum atomic E-state index is 12.9. The van der Waals surface area contributed by atoms with Crippen molar-refractivity contribution in [1.29, 1.82) is 0 Å². The number of nitrogen functional groups attached to an aromatic ring is 1. The topological polar surface area (TPSA) is 164 Å². The van der Waals surface area contributed by atoms with Crippen LogP contribution < -0.4 is 11.1 Å². The van der Waals surface area contributed by atoms with Crippen molar-refractivity contribution in [2.24, 2.45) is 0 Å². The molecular weight excluding hydrogens is 432 g/mol. The third-order valence-corrected chi connectivity index (χ3v) is 4.74. The van der Waals surface area contributed by atoms with Gasteiger partial charge in [-0.2, -0.15) is 0 Å². The predicted octanol–water partition coefficient (Wildman–Crippen LogP) is 1.88. The zero-order chi connectivity index (χ0) is 23.5. The smallest absolute Gasteiger partial charge is 0.337 e.